The summed E-state index contributed by atoms with van der Waals surface area (Å²) in [5.74, 6) is -0.473. The minimum absolute atomic E-state index is 0.0247. The third-order valence-electron chi connectivity index (χ3n) is 4.68. The van der Waals surface area contributed by atoms with Gasteiger partial charge in [0.1, 0.15) is 5.82 Å². The number of unbranched alkanes of at least 4 members (excludes halogenated alkanes) is 1. The summed E-state index contributed by atoms with van der Waals surface area (Å²) in [6, 6.07) is 9.45. The molecule has 0 aliphatic heterocycles. The lowest BCUT2D eigenvalue weighted by atomic mass is 10.1. The van der Waals surface area contributed by atoms with Crippen LogP contribution in [0.4, 0.5) is 11.5 Å². The van der Waals surface area contributed by atoms with Gasteiger partial charge in [-0.2, -0.15) is 0 Å². The Hall–Kier alpha value is -3.68. The van der Waals surface area contributed by atoms with Gasteiger partial charge in [-0.05, 0) is 18.6 Å². The number of nitrogens with one attached hydrogen (secondary N) is 1. The van der Waals surface area contributed by atoms with Gasteiger partial charge in [0.15, 0.2) is 5.69 Å². The second kappa shape index (κ2) is 8.55. The fourth-order valence-corrected chi connectivity index (χ4v) is 3.09. The Morgan fingerprint density at radius 1 is 1.28 bits per heavy atom. The summed E-state index contributed by atoms with van der Waals surface area (Å²) < 4.78 is 1.28. The molecule has 8 heteroatoms. The zero-order valence-electron chi connectivity index (χ0n) is 16.4. The van der Waals surface area contributed by atoms with Crippen LogP contribution in [0.15, 0.2) is 52.2 Å². The molecule has 2 heterocycles. The second-order valence-corrected chi connectivity index (χ2v) is 6.65. The minimum atomic E-state index is -0.698. The van der Waals surface area contributed by atoms with Gasteiger partial charge in [0.25, 0.3) is 11.5 Å². The first-order valence-corrected chi connectivity index (χ1v) is 9.36. The number of nitrogen functional groups attached to an aromatic ring is 1. The van der Waals surface area contributed by atoms with Crippen LogP contribution in [0, 0.1) is 0 Å². The van der Waals surface area contributed by atoms with E-state index in [-0.39, 0.29) is 11.5 Å². The van der Waals surface area contributed by atoms with E-state index in [1.54, 1.807) is 12.3 Å². The van der Waals surface area contributed by atoms with Gasteiger partial charge in [-0.25, -0.2) is 4.79 Å². The summed E-state index contributed by atoms with van der Waals surface area (Å²) >= 11 is 0. The van der Waals surface area contributed by atoms with Crippen LogP contribution in [-0.4, -0.2) is 27.5 Å². The number of hydrogen-bond donors (Lipinski definition) is 2. The predicted octanol–water partition coefficient (Wildman–Crippen LogP) is 2.14. The topological polar surface area (TPSA) is 114 Å². The third kappa shape index (κ3) is 4.11. The highest BCUT2D eigenvalue weighted by molar-refractivity contribution is 6.05. The van der Waals surface area contributed by atoms with E-state index < -0.39 is 17.2 Å². The van der Waals surface area contributed by atoms with E-state index in [9.17, 15) is 14.4 Å². The first kappa shape index (κ1) is 20.1. The maximum absolute atomic E-state index is 12.7. The monoisotopic (exact) mass is 393 g/mol. The average molecular weight is 393 g/mol. The molecular formula is C21H23N5O3. The number of aromatic nitrogens is 3. The Labute approximate surface area is 167 Å². The van der Waals surface area contributed by atoms with Crippen LogP contribution in [0.1, 0.15) is 25.3 Å². The first-order chi connectivity index (χ1) is 13.9. The van der Waals surface area contributed by atoms with E-state index in [1.807, 2.05) is 37.3 Å². The van der Waals surface area contributed by atoms with Crippen LogP contribution in [0.5, 0.6) is 0 Å². The molecule has 0 aliphatic carbocycles. The van der Waals surface area contributed by atoms with Crippen molar-refractivity contribution in [2.75, 3.05) is 17.7 Å². The van der Waals surface area contributed by atoms with Gasteiger partial charge < -0.3 is 10.6 Å². The first-order valence-electron chi connectivity index (χ1n) is 9.36. The van der Waals surface area contributed by atoms with Crippen molar-refractivity contribution in [3.63, 3.8) is 0 Å². The molecule has 2 aromatic heterocycles. The highest BCUT2D eigenvalue weighted by Gasteiger charge is 2.19. The molecule has 0 aliphatic rings. The molecule has 0 unspecified atom stereocenters. The van der Waals surface area contributed by atoms with Crippen molar-refractivity contribution in [1.82, 2.24) is 14.5 Å². The number of pyridine rings is 1. The summed E-state index contributed by atoms with van der Waals surface area (Å²) in [6.07, 6.45) is 6.26. The molecule has 150 valence electrons. The molecule has 0 radical (unpaired) electrons. The van der Waals surface area contributed by atoms with Gasteiger partial charge in [0.2, 0.25) is 0 Å². The van der Waals surface area contributed by atoms with Gasteiger partial charge in [0, 0.05) is 36.8 Å². The molecule has 0 spiro atoms. The van der Waals surface area contributed by atoms with Crippen LogP contribution in [0.25, 0.3) is 17.0 Å². The maximum Gasteiger partial charge on any atom is 0.330 e. The molecule has 3 aromatic rings. The van der Waals surface area contributed by atoms with Crippen LogP contribution in [-0.2, 0) is 11.3 Å². The number of rotatable bonds is 6. The van der Waals surface area contributed by atoms with E-state index in [0.717, 1.165) is 34.2 Å². The fourth-order valence-electron chi connectivity index (χ4n) is 3.09. The van der Waals surface area contributed by atoms with E-state index in [0.29, 0.717) is 6.54 Å². The van der Waals surface area contributed by atoms with Crippen molar-refractivity contribution in [3.05, 3.63) is 69.0 Å². The molecule has 3 N–H and O–H groups in total. The molecule has 1 aromatic carbocycles. The Kier molecular flexibility index (Phi) is 5.92. The number of carbonyl (C=O) groups excluding carboxylic acids is 1. The number of likely N-dealkylation sites (N-methyl/N-ethyl adjacent to an activating group) is 1. The van der Waals surface area contributed by atoms with Gasteiger partial charge in [-0.1, -0.05) is 37.6 Å². The summed E-state index contributed by atoms with van der Waals surface area (Å²) in [5.41, 5.74) is 6.28. The zero-order valence-corrected chi connectivity index (χ0v) is 16.4. The largest absolute Gasteiger partial charge is 0.383 e. The number of amides is 1. The number of benzene rings is 1. The lowest BCUT2D eigenvalue weighted by molar-refractivity contribution is -0.113. The SMILES string of the molecule is CCCCn1c(N)c(N(C)C(=O)/C=C/c2cccc3cccnc23)c(=O)[nH]c1=O. The Morgan fingerprint density at radius 2 is 2.03 bits per heavy atom. The fraction of sp³-hybridized carbons (Fsp3) is 0.238. The van der Waals surface area contributed by atoms with Gasteiger partial charge >= 0.3 is 5.69 Å². The number of para-hydroxylation sites is 1. The van der Waals surface area contributed by atoms with Crippen LogP contribution in [0.2, 0.25) is 0 Å². The van der Waals surface area contributed by atoms with E-state index in [2.05, 4.69) is 9.97 Å². The number of anilines is 2. The van der Waals surface area contributed by atoms with E-state index >= 15 is 0 Å². The number of fused-ring (bicyclic) bond motifs is 1. The van der Waals surface area contributed by atoms with Crippen molar-refractivity contribution in [1.29, 1.82) is 0 Å². The molecule has 0 atom stereocenters. The third-order valence-corrected chi connectivity index (χ3v) is 4.68. The Balaban J connectivity index is 1.93. The van der Waals surface area contributed by atoms with Crippen LogP contribution in [0.3, 0.4) is 0 Å². The summed E-state index contributed by atoms with van der Waals surface area (Å²) in [6.45, 7) is 2.35. The summed E-state index contributed by atoms with van der Waals surface area (Å²) in [4.78, 5) is 44.8. The summed E-state index contributed by atoms with van der Waals surface area (Å²) in [5, 5.41) is 0.958. The molecule has 0 saturated heterocycles. The van der Waals surface area contributed by atoms with Crippen molar-refractivity contribution >= 4 is 34.4 Å². The van der Waals surface area contributed by atoms with E-state index in [1.165, 1.54) is 17.7 Å². The van der Waals surface area contributed by atoms with Crippen molar-refractivity contribution in [3.8, 4) is 0 Å². The molecule has 0 bridgehead atoms. The molecule has 1 amide bonds. The zero-order chi connectivity index (χ0) is 21.0. The molecule has 29 heavy (non-hydrogen) atoms. The van der Waals surface area contributed by atoms with Crippen molar-refractivity contribution in [2.45, 2.75) is 26.3 Å². The number of nitrogens with two attached hydrogens (primary N) is 1. The van der Waals surface area contributed by atoms with Gasteiger partial charge in [-0.15, -0.1) is 0 Å². The molecule has 3 rings (SSSR count). The Bertz CT molecular complexity index is 1190. The average Bonchev–Trinajstić information content (AvgIpc) is 2.71. The van der Waals surface area contributed by atoms with Crippen LogP contribution >= 0.6 is 0 Å². The number of aromatic amines is 1. The molecule has 0 saturated carbocycles. The number of hydrogen-bond acceptors (Lipinski definition) is 5. The smallest absolute Gasteiger partial charge is 0.330 e. The number of nitrogens with zero attached hydrogens (tertiary/aromatic N) is 3. The normalized spacial score (nSPS) is 11.2. The predicted molar refractivity (Wildman–Crippen MR) is 115 cm³/mol. The molecule has 8 nitrogen and oxygen atoms in total. The van der Waals surface area contributed by atoms with Crippen molar-refractivity contribution < 1.29 is 4.79 Å². The van der Waals surface area contributed by atoms with Crippen molar-refractivity contribution in [2.24, 2.45) is 0 Å². The highest BCUT2D eigenvalue weighted by atomic mass is 16.2. The maximum atomic E-state index is 12.7. The second-order valence-electron chi connectivity index (χ2n) is 6.65. The standard InChI is InChI=1S/C21H23N5O3/c1-3-4-13-26-19(22)18(20(28)24-21(26)29)25(2)16(27)11-10-15-8-5-7-14-9-6-12-23-17(14)15/h5-12H,3-4,13,22H2,1-2H3,(H,24,28,29)/b11-10+. The molecular weight excluding hydrogens is 370 g/mol. The lowest BCUT2D eigenvalue weighted by Crippen LogP contribution is -2.38. The lowest BCUT2D eigenvalue weighted by Gasteiger charge is -2.19. The minimum Gasteiger partial charge on any atom is -0.383 e. The Morgan fingerprint density at radius 3 is 2.79 bits per heavy atom. The van der Waals surface area contributed by atoms with Gasteiger partial charge in [0.05, 0.1) is 5.52 Å². The quantitative estimate of drug-likeness (QED) is 0.623. The number of H-pyrrole nitrogens is 1. The number of carbonyl (C=O) groups is 1. The van der Waals surface area contributed by atoms with Gasteiger partial charge in [-0.3, -0.25) is 24.1 Å². The summed E-state index contributed by atoms with van der Waals surface area (Å²) in [7, 11) is 1.45. The molecule has 0 fully saturated rings. The highest BCUT2D eigenvalue weighted by Crippen LogP contribution is 2.19. The van der Waals surface area contributed by atoms with Crippen LogP contribution < -0.4 is 21.9 Å². The van der Waals surface area contributed by atoms with E-state index in [4.69, 9.17) is 5.73 Å².